The summed E-state index contributed by atoms with van der Waals surface area (Å²) in [6.45, 7) is 3.82. The van der Waals surface area contributed by atoms with Crippen molar-refractivity contribution in [1.29, 1.82) is 0 Å². The lowest BCUT2D eigenvalue weighted by molar-refractivity contribution is 0.297. The molecule has 0 aliphatic carbocycles. The summed E-state index contributed by atoms with van der Waals surface area (Å²) >= 11 is 0. The minimum absolute atomic E-state index is 0.528. The quantitative estimate of drug-likeness (QED) is 0.930. The molecule has 5 nitrogen and oxygen atoms in total. The lowest BCUT2D eigenvalue weighted by atomic mass is 10.1. The Balaban J connectivity index is 1.96. The van der Waals surface area contributed by atoms with Crippen molar-refractivity contribution in [3.63, 3.8) is 0 Å². The lowest BCUT2D eigenvalue weighted by Crippen LogP contribution is -2.02. The molecule has 5 heteroatoms. The van der Waals surface area contributed by atoms with Gasteiger partial charge in [-0.25, -0.2) is 4.98 Å². The summed E-state index contributed by atoms with van der Waals surface area (Å²) in [5.74, 6) is 2.98. The van der Waals surface area contributed by atoms with Crippen molar-refractivity contribution < 1.29 is 13.9 Å². The van der Waals surface area contributed by atoms with Gasteiger partial charge in [0.25, 0.3) is 0 Å². The predicted molar refractivity (Wildman–Crippen MR) is 75.0 cm³/mol. The Labute approximate surface area is 117 Å². The highest BCUT2D eigenvalue weighted by Crippen LogP contribution is 2.35. The van der Waals surface area contributed by atoms with Crippen LogP contribution in [0.4, 0.5) is 0 Å². The van der Waals surface area contributed by atoms with Gasteiger partial charge in [-0.05, 0) is 25.1 Å². The van der Waals surface area contributed by atoms with Gasteiger partial charge in [0.05, 0.1) is 18.9 Å². The van der Waals surface area contributed by atoms with Gasteiger partial charge >= 0.3 is 0 Å². The molecule has 0 amide bonds. The molecule has 20 heavy (non-hydrogen) atoms. The Morgan fingerprint density at radius 1 is 1.20 bits per heavy atom. The van der Waals surface area contributed by atoms with Crippen LogP contribution in [0.3, 0.4) is 0 Å². The molecule has 1 aromatic carbocycles. The second-order valence-corrected chi connectivity index (χ2v) is 4.77. The van der Waals surface area contributed by atoms with E-state index in [1.807, 2.05) is 25.1 Å². The third kappa shape index (κ3) is 2.49. The van der Waals surface area contributed by atoms with Crippen molar-refractivity contribution >= 4 is 0 Å². The molecule has 0 saturated heterocycles. The molecule has 0 saturated carbocycles. The van der Waals surface area contributed by atoms with E-state index in [0.717, 1.165) is 34.9 Å². The number of nitrogens with two attached hydrogens (primary N) is 1. The van der Waals surface area contributed by atoms with E-state index in [1.54, 1.807) is 0 Å². The van der Waals surface area contributed by atoms with Gasteiger partial charge in [-0.15, -0.1) is 0 Å². The van der Waals surface area contributed by atoms with E-state index < -0.39 is 0 Å². The molecule has 0 bridgehead atoms. The maximum Gasteiger partial charge on any atom is 0.196 e. The largest absolute Gasteiger partial charge is 0.490 e. The van der Waals surface area contributed by atoms with Gasteiger partial charge in [0.2, 0.25) is 0 Å². The number of aryl methyl sites for hydroxylation is 1. The molecule has 0 unspecified atom stereocenters. The highest BCUT2D eigenvalue weighted by molar-refractivity contribution is 5.64. The summed E-state index contributed by atoms with van der Waals surface area (Å²) in [7, 11) is 0. The van der Waals surface area contributed by atoms with Crippen molar-refractivity contribution in [3.05, 3.63) is 29.8 Å². The molecule has 2 heterocycles. The van der Waals surface area contributed by atoms with E-state index in [1.165, 1.54) is 0 Å². The van der Waals surface area contributed by atoms with Crippen LogP contribution in [-0.4, -0.2) is 24.7 Å². The molecule has 2 aromatic rings. The fourth-order valence-corrected chi connectivity index (χ4v) is 2.26. The van der Waals surface area contributed by atoms with Gasteiger partial charge in [0, 0.05) is 24.9 Å². The van der Waals surface area contributed by atoms with Crippen molar-refractivity contribution in [3.8, 4) is 22.8 Å². The van der Waals surface area contributed by atoms with E-state index in [-0.39, 0.29) is 0 Å². The van der Waals surface area contributed by atoms with Crippen LogP contribution in [0.25, 0.3) is 11.3 Å². The summed E-state index contributed by atoms with van der Waals surface area (Å²) in [6.07, 6.45) is 1.54. The Bertz CT molecular complexity index is 607. The molecule has 0 spiro atoms. The smallest absolute Gasteiger partial charge is 0.196 e. The number of oxazole rings is 1. The van der Waals surface area contributed by atoms with Crippen molar-refractivity contribution in [2.75, 3.05) is 19.8 Å². The van der Waals surface area contributed by atoms with Crippen LogP contribution >= 0.6 is 0 Å². The highest BCUT2D eigenvalue weighted by atomic mass is 16.5. The molecule has 0 fully saturated rings. The van der Waals surface area contributed by atoms with Crippen LogP contribution in [0.5, 0.6) is 11.5 Å². The van der Waals surface area contributed by atoms with Crippen LogP contribution in [0.15, 0.2) is 22.6 Å². The summed E-state index contributed by atoms with van der Waals surface area (Å²) < 4.78 is 17.1. The van der Waals surface area contributed by atoms with Gasteiger partial charge in [-0.2, -0.15) is 0 Å². The average molecular weight is 274 g/mol. The molecule has 106 valence electrons. The lowest BCUT2D eigenvalue weighted by Gasteiger charge is -2.08. The molecule has 1 aliphatic heterocycles. The average Bonchev–Trinajstić information content (AvgIpc) is 2.68. The van der Waals surface area contributed by atoms with Crippen molar-refractivity contribution in [1.82, 2.24) is 4.98 Å². The number of ether oxygens (including phenoxy) is 2. The second kappa shape index (κ2) is 5.54. The second-order valence-electron chi connectivity index (χ2n) is 4.77. The molecule has 0 radical (unpaired) electrons. The maximum absolute atomic E-state index is 5.78. The molecule has 1 aliphatic rings. The summed E-state index contributed by atoms with van der Waals surface area (Å²) in [5.41, 5.74) is 7.34. The Morgan fingerprint density at radius 2 is 2.00 bits per heavy atom. The number of hydrogen-bond donors (Lipinski definition) is 1. The number of hydrogen-bond acceptors (Lipinski definition) is 5. The SMILES string of the molecule is Cc1nc(CCN)oc1-c1ccc2c(c1)OCCCO2. The number of fused-ring (bicyclic) bond motifs is 1. The fraction of sp³-hybridized carbons (Fsp3) is 0.400. The number of nitrogens with zero attached hydrogens (tertiary/aromatic N) is 1. The van der Waals surface area contributed by atoms with E-state index in [9.17, 15) is 0 Å². The Morgan fingerprint density at radius 3 is 2.80 bits per heavy atom. The predicted octanol–water partition coefficient (Wildman–Crippen LogP) is 2.31. The molecule has 2 N–H and O–H groups in total. The molecular formula is C15H18N2O3. The van der Waals surface area contributed by atoms with Gasteiger partial charge < -0.3 is 19.6 Å². The molecule has 0 atom stereocenters. The third-order valence-corrected chi connectivity index (χ3v) is 3.21. The number of benzene rings is 1. The monoisotopic (exact) mass is 274 g/mol. The minimum atomic E-state index is 0.528. The van der Waals surface area contributed by atoms with Crippen molar-refractivity contribution in [2.45, 2.75) is 19.8 Å². The van der Waals surface area contributed by atoms with Crippen LogP contribution in [0.1, 0.15) is 18.0 Å². The van der Waals surface area contributed by atoms with Gasteiger partial charge in [0.1, 0.15) is 0 Å². The zero-order valence-corrected chi connectivity index (χ0v) is 11.5. The molecular weight excluding hydrogens is 256 g/mol. The van der Waals surface area contributed by atoms with Crippen molar-refractivity contribution in [2.24, 2.45) is 5.73 Å². The minimum Gasteiger partial charge on any atom is -0.490 e. The summed E-state index contributed by atoms with van der Waals surface area (Å²) in [4.78, 5) is 4.39. The van der Waals surface area contributed by atoms with Crippen LogP contribution in [0.2, 0.25) is 0 Å². The fourth-order valence-electron chi connectivity index (χ4n) is 2.26. The summed E-state index contributed by atoms with van der Waals surface area (Å²) in [5, 5.41) is 0. The van der Waals surface area contributed by atoms with E-state index in [0.29, 0.717) is 32.1 Å². The number of aromatic nitrogens is 1. The topological polar surface area (TPSA) is 70.5 Å². The zero-order chi connectivity index (χ0) is 13.9. The van der Waals surface area contributed by atoms with E-state index >= 15 is 0 Å². The summed E-state index contributed by atoms with van der Waals surface area (Å²) in [6, 6.07) is 5.83. The van der Waals surface area contributed by atoms with Gasteiger partial charge in [-0.3, -0.25) is 0 Å². The normalized spacial score (nSPS) is 14.1. The third-order valence-electron chi connectivity index (χ3n) is 3.21. The number of rotatable bonds is 3. The first kappa shape index (κ1) is 13.0. The maximum atomic E-state index is 5.78. The molecule has 3 rings (SSSR count). The van der Waals surface area contributed by atoms with Gasteiger partial charge in [-0.1, -0.05) is 0 Å². The van der Waals surface area contributed by atoms with E-state index in [4.69, 9.17) is 19.6 Å². The van der Waals surface area contributed by atoms with Gasteiger partial charge in [0.15, 0.2) is 23.1 Å². The Kier molecular flexibility index (Phi) is 3.60. The van der Waals surface area contributed by atoms with E-state index in [2.05, 4.69) is 4.98 Å². The standard InChI is InChI=1S/C15H18N2O3/c1-10-15(20-14(17-10)5-6-16)11-3-4-12-13(9-11)19-8-2-7-18-12/h3-4,9H,2,5-8,16H2,1H3. The molecule has 1 aromatic heterocycles. The highest BCUT2D eigenvalue weighted by Gasteiger charge is 2.16. The Hall–Kier alpha value is -2.01. The zero-order valence-electron chi connectivity index (χ0n) is 11.5. The first-order chi connectivity index (χ1) is 9.78. The van der Waals surface area contributed by atoms with Crippen LogP contribution in [-0.2, 0) is 6.42 Å². The first-order valence-electron chi connectivity index (χ1n) is 6.84. The first-order valence-corrected chi connectivity index (χ1v) is 6.84. The van der Waals surface area contributed by atoms with Crippen LogP contribution in [0, 0.1) is 6.92 Å². The van der Waals surface area contributed by atoms with Crippen LogP contribution < -0.4 is 15.2 Å².